The molecule has 1 heterocycles. The number of rotatable bonds is 4. The lowest BCUT2D eigenvalue weighted by atomic mass is 10.0. The molecule has 0 bridgehead atoms. The summed E-state index contributed by atoms with van der Waals surface area (Å²) in [5.74, 6) is 0.998. The van der Waals surface area contributed by atoms with Crippen molar-refractivity contribution in [1.29, 1.82) is 0 Å². The maximum absolute atomic E-state index is 9.15. The number of aliphatic hydroxyl groups excluding tert-OH is 1. The number of aromatic amines is 1. The normalized spacial score (nSPS) is 11.1. The Morgan fingerprint density at radius 1 is 1.10 bits per heavy atom. The summed E-state index contributed by atoms with van der Waals surface area (Å²) in [6.07, 6.45) is 1.88. The van der Waals surface area contributed by atoms with Crippen LogP contribution in [0, 0.1) is 6.92 Å². The first-order chi connectivity index (χ1) is 9.76. The van der Waals surface area contributed by atoms with Gasteiger partial charge in [0.05, 0.1) is 17.6 Å². The van der Waals surface area contributed by atoms with Gasteiger partial charge in [-0.25, -0.2) is 4.98 Å². The topological polar surface area (TPSA) is 48.9 Å². The van der Waals surface area contributed by atoms with E-state index in [0.29, 0.717) is 0 Å². The Morgan fingerprint density at radius 2 is 1.95 bits per heavy atom. The zero-order valence-corrected chi connectivity index (χ0v) is 11.6. The van der Waals surface area contributed by atoms with Gasteiger partial charge in [-0.3, -0.25) is 0 Å². The first kappa shape index (κ1) is 12.9. The quantitative estimate of drug-likeness (QED) is 0.762. The van der Waals surface area contributed by atoms with Crippen molar-refractivity contribution in [1.82, 2.24) is 9.97 Å². The number of H-pyrrole nitrogens is 1. The third-order valence-electron chi connectivity index (χ3n) is 3.67. The van der Waals surface area contributed by atoms with Crippen LogP contribution in [0.4, 0.5) is 0 Å². The smallest absolute Gasteiger partial charge is 0.107 e. The lowest BCUT2D eigenvalue weighted by Gasteiger charge is -2.03. The second kappa shape index (κ2) is 5.47. The van der Waals surface area contributed by atoms with E-state index in [-0.39, 0.29) is 6.61 Å². The standard InChI is InChI=1S/C17H18N2O/c1-12-4-2-3-5-14(12)7-9-17-18-15-8-6-13(11-20)10-16(15)19-17/h2-6,8,10,20H,7,9,11H2,1H3,(H,18,19). The van der Waals surface area contributed by atoms with Crippen molar-refractivity contribution in [3.63, 3.8) is 0 Å². The van der Waals surface area contributed by atoms with Gasteiger partial charge >= 0.3 is 0 Å². The number of aryl methyl sites for hydroxylation is 3. The molecule has 0 amide bonds. The number of aromatic nitrogens is 2. The monoisotopic (exact) mass is 266 g/mol. The van der Waals surface area contributed by atoms with Gasteiger partial charge in [0.1, 0.15) is 5.82 Å². The number of hydrogen-bond acceptors (Lipinski definition) is 2. The van der Waals surface area contributed by atoms with Gasteiger partial charge in [0, 0.05) is 6.42 Å². The number of hydrogen-bond donors (Lipinski definition) is 2. The van der Waals surface area contributed by atoms with Crippen LogP contribution >= 0.6 is 0 Å². The molecule has 0 aliphatic carbocycles. The summed E-state index contributed by atoms with van der Waals surface area (Å²) in [7, 11) is 0. The average molecular weight is 266 g/mol. The minimum absolute atomic E-state index is 0.0630. The third-order valence-corrected chi connectivity index (χ3v) is 3.67. The van der Waals surface area contributed by atoms with Crippen molar-refractivity contribution in [2.45, 2.75) is 26.4 Å². The maximum atomic E-state index is 9.15. The number of nitrogens with one attached hydrogen (secondary N) is 1. The van der Waals surface area contributed by atoms with Crippen LogP contribution in [0.15, 0.2) is 42.5 Å². The van der Waals surface area contributed by atoms with E-state index < -0.39 is 0 Å². The highest BCUT2D eigenvalue weighted by molar-refractivity contribution is 5.75. The molecule has 2 aromatic carbocycles. The van der Waals surface area contributed by atoms with Crippen LogP contribution in [0.25, 0.3) is 11.0 Å². The summed E-state index contributed by atoms with van der Waals surface area (Å²) in [5.41, 5.74) is 5.56. The number of imidazole rings is 1. The Bertz CT molecular complexity index is 731. The molecule has 3 nitrogen and oxygen atoms in total. The molecule has 0 saturated heterocycles. The van der Waals surface area contributed by atoms with Crippen molar-refractivity contribution in [3.05, 3.63) is 65.0 Å². The molecular weight excluding hydrogens is 248 g/mol. The average Bonchev–Trinajstić information content (AvgIpc) is 2.88. The molecule has 0 saturated carbocycles. The zero-order valence-electron chi connectivity index (χ0n) is 11.6. The van der Waals surface area contributed by atoms with Gasteiger partial charge in [0.2, 0.25) is 0 Å². The summed E-state index contributed by atoms with van der Waals surface area (Å²) in [5, 5.41) is 9.15. The van der Waals surface area contributed by atoms with Crippen molar-refractivity contribution in [2.75, 3.05) is 0 Å². The van der Waals surface area contributed by atoms with Crippen LogP contribution in [0.1, 0.15) is 22.5 Å². The molecule has 0 spiro atoms. The van der Waals surface area contributed by atoms with Crippen molar-refractivity contribution < 1.29 is 5.11 Å². The Labute approximate surface area is 118 Å². The van der Waals surface area contributed by atoms with Crippen LogP contribution in [-0.4, -0.2) is 15.1 Å². The second-order valence-electron chi connectivity index (χ2n) is 5.12. The summed E-state index contributed by atoms with van der Waals surface area (Å²) in [4.78, 5) is 7.93. The Kier molecular flexibility index (Phi) is 3.52. The summed E-state index contributed by atoms with van der Waals surface area (Å²) in [6.45, 7) is 2.20. The van der Waals surface area contributed by atoms with Gasteiger partial charge in [-0.1, -0.05) is 30.3 Å². The fraction of sp³-hybridized carbons (Fsp3) is 0.235. The molecule has 1 aromatic heterocycles. The maximum Gasteiger partial charge on any atom is 0.107 e. The van der Waals surface area contributed by atoms with Crippen LogP contribution in [0.5, 0.6) is 0 Å². The van der Waals surface area contributed by atoms with Crippen molar-refractivity contribution in [3.8, 4) is 0 Å². The first-order valence-corrected chi connectivity index (χ1v) is 6.89. The highest BCUT2D eigenvalue weighted by atomic mass is 16.3. The van der Waals surface area contributed by atoms with E-state index in [1.165, 1.54) is 11.1 Å². The van der Waals surface area contributed by atoms with Crippen molar-refractivity contribution in [2.24, 2.45) is 0 Å². The SMILES string of the molecule is Cc1ccccc1CCc1nc2ccc(CO)cc2[nH]1. The molecule has 0 unspecified atom stereocenters. The fourth-order valence-electron chi connectivity index (χ4n) is 2.47. The van der Waals surface area contributed by atoms with Gasteiger partial charge < -0.3 is 10.1 Å². The highest BCUT2D eigenvalue weighted by Crippen LogP contribution is 2.16. The van der Waals surface area contributed by atoms with Crippen LogP contribution in [0.3, 0.4) is 0 Å². The molecule has 0 aliphatic heterocycles. The van der Waals surface area contributed by atoms with E-state index in [0.717, 1.165) is 35.3 Å². The number of aliphatic hydroxyl groups is 1. The minimum Gasteiger partial charge on any atom is -0.392 e. The Hall–Kier alpha value is -2.13. The van der Waals surface area contributed by atoms with Gasteiger partial charge in [0.15, 0.2) is 0 Å². The molecule has 3 heteroatoms. The van der Waals surface area contributed by atoms with Gasteiger partial charge in [-0.2, -0.15) is 0 Å². The van der Waals surface area contributed by atoms with E-state index >= 15 is 0 Å². The molecule has 0 atom stereocenters. The summed E-state index contributed by atoms with van der Waals surface area (Å²) in [6, 6.07) is 14.3. The molecule has 0 radical (unpaired) electrons. The highest BCUT2D eigenvalue weighted by Gasteiger charge is 2.05. The number of fused-ring (bicyclic) bond motifs is 1. The first-order valence-electron chi connectivity index (χ1n) is 6.89. The molecule has 0 aliphatic rings. The van der Waals surface area contributed by atoms with Gasteiger partial charge in [0.25, 0.3) is 0 Å². The minimum atomic E-state index is 0.0630. The van der Waals surface area contributed by atoms with Crippen LogP contribution in [-0.2, 0) is 19.4 Å². The number of benzene rings is 2. The van der Waals surface area contributed by atoms with Gasteiger partial charge in [-0.15, -0.1) is 0 Å². The van der Waals surface area contributed by atoms with E-state index in [2.05, 4.69) is 41.2 Å². The lowest BCUT2D eigenvalue weighted by molar-refractivity contribution is 0.282. The summed E-state index contributed by atoms with van der Waals surface area (Å²) < 4.78 is 0. The second-order valence-corrected chi connectivity index (χ2v) is 5.12. The zero-order chi connectivity index (χ0) is 13.9. The third kappa shape index (κ3) is 2.58. The Morgan fingerprint density at radius 3 is 2.75 bits per heavy atom. The van der Waals surface area contributed by atoms with Gasteiger partial charge in [-0.05, 0) is 42.2 Å². The Balaban J connectivity index is 1.79. The molecule has 3 aromatic rings. The fourth-order valence-corrected chi connectivity index (χ4v) is 2.47. The molecule has 20 heavy (non-hydrogen) atoms. The largest absolute Gasteiger partial charge is 0.392 e. The van der Waals surface area contributed by atoms with E-state index in [9.17, 15) is 0 Å². The van der Waals surface area contributed by atoms with Crippen LogP contribution in [0.2, 0.25) is 0 Å². The number of nitrogens with zero attached hydrogens (tertiary/aromatic N) is 1. The van der Waals surface area contributed by atoms with E-state index in [1.54, 1.807) is 0 Å². The summed E-state index contributed by atoms with van der Waals surface area (Å²) >= 11 is 0. The molecule has 3 rings (SSSR count). The van der Waals surface area contributed by atoms with E-state index in [1.807, 2.05) is 18.2 Å². The molecule has 0 fully saturated rings. The molecule has 2 N–H and O–H groups in total. The molecule has 102 valence electrons. The predicted octanol–water partition coefficient (Wildman–Crippen LogP) is 3.15. The lowest BCUT2D eigenvalue weighted by Crippen LogP contribution is -1.95. The van der Waals surface area contributed by atoms with Crippen molar-refractivity contribution >= 4 is 11.0 Å². The van der Waals surface area contributed by atoms with Crippen LogP contribution < -0.4 is 0 Å². The molecular formula is C17H18N2O. The van der Waals surface area contributed by atoms with E-state index in [4.69, 9.17) is 5.11 Å². The predicted molar refractivity (Wildman–Crippen MR) is 80.6 cm³/mol.